The van der Waals surface area contributed by atoms with Crippen molar-refractivity contribution >= 4 is 5.91 Å². The van der Waals surface area contributed by atoms with Crippen LogP contribution in [0.5, 0.6) is 0 Å². The number of hydrogen-bond donors (Lipinski definition) is 2. The van der Waals surface area contributed by atoms with Crippen molar-refractivity contribution in [3.63, 3.8) is 0 Å². The monoisotopic (exact) mass is 256 g/mol. The zero-order valence-electron chi connectivity index (χ0n) is 11.2. The fourth-order valence-corrected chi connectivity index (χ4v) is 2.40. The number of carbonyl (C=O) groups is 1. The molecule has 5 heteroatoms. The first-order valence-electron chi connectivity index (χ1n) is 6.85. The normalized spacial score (nSPS) is 23.1. The Morgan fingerprint density at radius 3 is 2.67 bits per heavy atom. The first-order valence-corrected chi connectivity index (χ1v) is 6.85. The second-order valence-electron chi connectivity index (χ2n) is 5.49. The molecule has 0 radical (unpaired) electrons. The van der Waals surface area contributed by atoms with Crippen molar-refractivity contribution in [2.24, 2.45) is 5.92 Å². The van der Waals surface area contributed by atoms with Gasteiger partial charge in [0.2, 0.25) is 5.91 Å². The topological polar surface area (TPSA) is 61.8 Å². The summed E-state index contributed by atoms with van der Waals surface area (Å²) in [5.74, 6) is 0.584. The van der Waals surface area contributed by atoms with Crippen LogP contribution >= 0.6 is 0 Å². The van der Waals surface area contributed by atoms with Gasteiger partial charge in [0, 0.05) is 39.2 Å². The predicted octanol–water partition coefficient (Wildman–Crippen LogP) is -0.0141. The third kappa shape index (κ3) is 3.67. The second-order valence-corrected chi connectivity index (χ2v) is 5.49. The maximum Gasteiger partial charge on any atom is 0.225 e. The molecule has 0 bridgehead atoms. The predicted molar refractivity (Wildman–Crippen MR) is 68.2 cm³/mol. The Morgan fingerprint density at radius 1 is 1.44 bits per heavy atom. The van der Waals surface area contributed by atoms with Gasteiger partial charge in [0.05, 0.1) is 12.2 Å². The van der Waals surface area contributed by atoms with Crippen molar-refractivity contribution < 1.29 is 14.6 Å². The maximum atomic E-state index is 11.9. The number of hydrogen-bond acceptors (Lipinski definition) is 4. The summed E-state index contributed by atoms with van der Waals surface area (Å²) in [4.78, 5) is 13.8. The highest BCUT2D eigenvalue weighted by Gasteiger charge is 2.38. The van der Waals surface area contributed by atoms with Crippen LogP contribution in [-0.4, -0.2) is 61.4 Å². The minimum absolute atomic E-state index is 0.288. The summed E-state index contributed by atoms with van der Waals surface area (Å²) in [5.41, 5.74) is -0.659. The molecule has 1 heterocycles. The molecule has 0 aromatic heterocycles. The number of methoxy groups -OCH3 is 1. The molecular formula is C13H24N2O3. The smallest absolute Gasteiger partial charge is 0.225 e. The van der Waals surface area contributed by atoms with Crippen molar-refractivity contribution in [2.75, 3.05) is 39.9 Å². The Balaban J connectivity index is 1.69. The van der Waals surface area contributed by atoms with Crippen LogP contribution in [0.15, 0.2) is 0 Å². The van der Waals surface area contributed by atoms with Crippen molar-refractivity contribution in [2.45, 2.75) is 31.3 Å². The molecule has 1 aliphatic heterocycles. The highest BCUT2D eigenvalue weighted by Crippen LogP contribution is 2.33. The summed E-state index contributed by atoms with van der Waals surface area (Å²) in [6.45, 7) is 3.38. The number of piperidine rings is 1. The number of nitrogens with zero attached hydrogens (tertiary/aromatic N) is 1. The van der Waals surface area contributed by atoms with E-state index in [-0.39, 0.29) is 5.92 Å². The first kappa shape index (κ1) is 13.8. The SMILES string of the molecule is COCCNCC1(O)CCN(C(=O)C2CC2)CC1. The lowest BCUT2D eigenvalue weighted by atomic mass is 9.91. The number of rotatable bonds is 6. The van der Waals surface area contributed by atoms with Gasteiger partial charge in [0.15, 0.2) is 0 Å². The molecule has 0 spiro atoms. The van der Waals surface area contributed by atoms with E-state index in [0.717, 1.165) is 19.4 Å². The van der Waals surface area contributed by atoms with Crippen LogP contribution in [0.2, 0.25) is 0 Å². The lowest BCUT2D eigenvalue weighted by molar-refractivity contribution is -0.136. The second kappa shape index (κ2) is 5.99. The molecule has 0 unspecified atom stereocenters. The zero-order valence-corrected chi connectivity index (χ0v) is 11.2. The quantitative estimate of drug-likeness (QED) is 0.656. The standard InChI is InChI=1S/C13H24N2O3/c1-18-9-6-14-10-13(17)4-7-15(8-5-13)12(16)11-2-3-11/h11,14,17H,2-10H2,1H3. The van der Waals surface area contributed by atoms with Gasteiger partial charge in [-0.05, 0) is 25.7 Å². The van der Waals surface area contributed by atoms with Gasteiger partial charge in [-0.2, -0.15) is 0 Å². The fraction of sp³-hybridized carbons (Fsp3) is 0.923. The van der Waals surface area contributed by atoms with Gasteiger partial charge < -0.3 is 20.1 Å². The largest absolute Gasteiger partial charge is 0.388 e. The van der Waals surface area contributed by atoms with Gasteiger partial charge >= 0.3 is 0 Å². The lowest BCUT2D eigenvalue weighted by Crippen LogP contribution is -2.51. The molecule has 18 heavy (non-hydrogen) atoms. The van der Waals surface area contributed by atoms with E-state index in [0.29, 0.717) is 45.0 Å². The summed E-state index contributed by atoms with van der Waals surface area (Å²) >= 11 is 0. The summed E-state index contributed by atoms with van der Waals surface area (Å²) in [5, 5.41) is 13.6. The first-order chi connectivity index (χ1) is 8.64. The van der Waals surface area contributed by atoms with Crippen LogP contribution in [0, 0.1) is 5.92 Å². The van der Waals surface area contributed by atoms with Crippen molar-refractivity contribution in [3.8, 4) is 0 Å². The van der Waals surface area contributed by atoms with Crippen LogP contribution in [0.3, 0.4) is 0 Å². The maximum absolute atomic E-state index is 11.9. The van der Waals surface area contributed by atoms with E-state index in [1.165, 1.54) is 0 Å². The van der Waals surface area contributed by atoms with Crippen molar-refractivity contribution in [1.82, 2.24) is 10.2 Å². The van der Waals surface area contributed by atoms with Gasteiger partial charge in [-0.15, -0.1) is 0 Å². The Labute approximate surface area is 108 Å². The van der Waals surface area contributed by atoms with Gasteiger partial charge in [-0.25, -0.2) is 0 Å². The van der Waals surface area contributed by atoms with Crippen LogP contribution in [0.4, 0.5) is 0 Å². The Hall–Kier alpha value is -0.650. The van der Waals surface area contributed by atoms with E-state index in [4.69, 9.17) is 4.74 Å². The minimum atomic E-state index is -0.659. The van der Waals surface area contributed by atoms with E-state index in [1.54, 1.807) is 7.11 Å². The zero-order chi connectivity index (χ0) is 13.0. The number of likely N-dealkylation sites (tertiary alicyclic amines) is 1. The number of aliphatic hydroxyl groups is 1. The summed E-state index contributed by atoms with van der Waals surface area (Å²) in [7, 11) is 1.67. The average molecular weight is 256 g/mol. The minimum Gasteiger partial charge on any atom is -0.388 e. The Bertz CT molecular complexity index is 284. The number of ether oxygens (including phenoxy) is 1. The molecule has 104 valence electrons. The highest BCUT2D eigenvalue weighted by molar-refractivity contribution is 5.81. The number of carbonyl (C=O) groups excluding carboxylic acids is 1. The van der Waals surface area contributed by atoms with E-state index in [2.05, 4.69) is 5.32 Å². The molecule has 2 fully saturated rings. The molecule has 0 aromatic carbocycles. The van der Waals surface area contributed by atoms with Gasteiger partial charge in [0.1, 0.15) is 0 Å². The molecule has 1 saturated heterocycles. The molecule has 1 aliphatic carbocycles. The lowest BCUT2D eigenvalue weighted by Gasteiger charge is -2.38. The van der Waals surface area contributed by atoms with Gasteiger partial charge in [0.25, 0.3) is 0 Å². The third-order valence-electron chi connectivity index (χ3n) is 3.87. The fourth-order valence-electron chi connectivity index (χ4n) is 2.40. The van der Waals surface area contributed by atoms with E-state index < -0.39 is 5.60 Å². The molecule has 0 aromatic rings. The summed E-state index contributed by atoms with van der Waals surface area (Å²) in [6.07, 6.45) is 3.45. The van der Waals surface area contributed by atoms with Crippen LogP contribution < -0.4 is 5.32 Å². The number of amides is 1. The number of nitrogens with one attached hydrogen (secondary N) is 1. The van der Waals surface area contributed by atoms with Crippen molar-refractivity contribution in [3.05, 3.63) is 0 Å². The van der Waals surface area contributed by atoms with Crippen molar-refractivity contribution in [1.29, 1.82) is 0 Å². The van der Waals surface area contributed by atoms with E-state index in [1.807, 2.05) is 4.90 Å². The molecule has 2 N–H and O–H groups in total. The molecule has 1 saturated carbocycles. The summed E-state index contributed by atoms with van der Waals surface area (Å²) < 4.78 is 4.95. The molecular weight excluding hydrogens is 232 g/mol. The molecule has 0 atom stereocenters. The Morgan fingerprint density at radius 2 is 2.11 bits per heavy atom. The molecule has 2 aliphatic rings. The van der Waals surface area contributed by atoms with Gasteiger partial charge in [-0.1, -0.05) is 0 Å². The summed E-state index contributed by atoms with van der Waals surface area (Å²) in [6, 6.07) is 0. The Kier molecular flexibility index (Phi) is 4.59. The van der Waals surface area contributed by atoms with E-state index >= 15 is 0 Å². The molecule has 5 nitrogen and oxygen atoms in total. The molecule has 2 rings (SSSR count). The molecule has 1 amide bonds. The average Bonchev–Trinajstić information content (AvgIpc) is 3.19. The van der Waals surface area contributed by atoms with Crippen LogP contribution in [-0.2, 0) is 9.53 Å². The van der Waals surface area contributed by atoms with Gasteiger partial charge in [-0.3, -0.25) is 4.79 Å². The van der Waals surface area contributed by atoms with Crippen LogP contribution in [0.1, 0.15) is 25.7 Å². The third-order valence-corrected chi connectivity index (χ3v) is 3.87. The van der Waals surface area contributed by atoms with Crippen LogP contribution in [0.25, 0.3) is 0 Å². The van der Waals surface area contributed by atoms with E-state index in [9.17, 15) is 9.90 Å². The highest BCUT2D eigenvalue weighted by atomic mass is 16.5.